The summed E-state index contributed by atoms with van der Waals surface area (Å²) in [6, 6.07) is 6.83. The molecule has 1 nitrogen and oxygen atoms in total. The van der Waals surface area contributed by atoms with Crippen LogP contribution in [0.5, 0.6) is 0 Å². The fraction of sp³-hybridized carbons (Fsp3) is 0.368. The van der Waals surface area contributed by atoms with Crippen molar-refractivity contribution in [1.82, 2.24) is 4.90 Å². The SMILES string of the molecule is C=C(C)CCC(C(=C)C)N1Cc2c(C)cccc2C1=C. The molecule has 0 spiro atoms. The summed E-state index contributed by atoms with van der Waals surface area (Å²) in [5.74, 6) is 0. The maximum Gasteiger partial charge on any atom is 0.0503 e. The van der Waals surface area contributed by atoms with Crippen LogP contribution in [0.2, 0.25) is 0 Å². The van der Waals surface area contributed by atoms with Crippen LogP contribution in [0.3, 0.4) is 0 Å². The lowest BCUT2D eigenvalue weighted by atomic mass is 10.0. The van der Waals surface area contributed by atoms with E-state index in [1.807, 2.05) is 0 Å². The monoisotopic (exact) mass is 267 g/mol. The highest BCUT2D eigenvalue weighted by Gasteiger charge is 2.29. The van der Waals surface area contributed by atoms with Gasteiger partial charge in [-0.2, -0.15) is 0 Å². The van der Waals surface area contributed by atoms with Gasteiger partial charge in [0.2, 0.25) is 0 Å². The van der Waals surface area contributed by atoms with Crippen LogP contribution < -0.4 is 0 Å². The van der Waals surface area contributed by atoms with Crippen molar-refractivity contribution in [2.75, 3.05) is 0 Å². The van der Waals surface area contributed by atoms with E-state index < -0.39 is 0 Å². The highest BCUT2D eigenvalue weighted by Crippen LogP contribution is 2.37. The molecular formula is C19H25N. The van der Waals surface area contributed by atoms with Crippen LogP contribution in [0.15, 0.2) is 49.1 Å². The van der Waals surface area contributed by atoms with Gasteiger partial charge in [-0.15, -0.1) is 6.58 Å². The molecule has 0 bridgehead atoms. The van der Waals surface area contributed by atoms with Crippen molar-refractivity contribution in [3.8, 4) is 0 Å². The van der Waals surface area contributed by atoms with E-state index in [1.165, 1.54) is 27.8 Å². The second kappa shape index (κ2) is 5.70. The number of aryl methyl sites for hydroxylation is 1. The van der Waals surface area contributed by atoms with E-state index in [0.717, 1.165) is 25.1 Å². The summed E-state index contributed by atoms with van der Waals surface area (Å²) < 4.78 is 0. The summed E-state index contributed by atoms with van der Waals surface area (Å²) in [6.45, 7) is 19.9. The molecule has 1 aliphatic heterocycles. The van der Waals surface area contributed by atoms with Crippen molar-refractivity contribution < 1.29 is 0 Å². The Morgan fingerprint density at radius 1 is 1.30 bits per heavy atom. The van der Waals surface area contributed by atoms with Gasteiger partial charge in [0.05, 0.1) is 6.04 Å². The zero-order valence-corrected chi connectivity index (χ0v) is 13.0. The normalized spacial score (nSPS) is 15.2. The molecule has 0 fully saturated rings. The fourth-order valence-corrected chi connectivity index (χ4v) is 2.95. The van der Waals surface area contributed by atoms with E-state index in [1.54, 1.807) is 0 Å². The van der Waals surface area contributed by atoms with Gasteiger partial charge in [-0.25, -0.2) is 0 Å². The van der Waals surface area contributed by atoms with Crippen LogP contribution in [0, 0.1) is 6.92 Å². The molecule has 0 N–H and O–H groups in total. The number of hydrogen-bond donors (Lipinski definition) is 0. The van der Waals surface area contributed by atoms with Gasteiger partial charge in [-0.1, -0.05) is 42.5 Å². The third-order valence-electron chi connectivity index (χ3n) is 4.19. The van der Waals surface area contributed by atoms with Gasteiger partial charge in [0, 0.05) is 17.8 Å². The van der Waals surface area contributed by atoms with Crippen LogP contribution in [-0.4, -0.2) is 10.9 Å². The highest BCUT2D eigenvalue weighted by atomic mass is 15.2. The third kappa shape index (κ3) is 2.72. The minimum absolute atomic E-state index is 0.353. The van der Waals surface area contributed by atoms with E-state index in [-0.39, 0.29) is 0 Å². The molecule has 0 aliphatic carbocycles. The van der Waals surface area contributed by atoms with Gasteiger partial charge < -0.3 is 4.90 Å². The lowest BCUT2D eigenvalue weighted by molar-refractivity contribution is 0.319. The van der Waals surface area contributed by atoms with Crippen LogP contribution in [0.1, 0.15) is 43.4 Å². The molecule has 1 atom stereocenters. The number of nitrogens with zero attached hydrogens (tertiary/aromatic N) is 1. The summed E-state index contributed by atoms with van der Waals surface area (Å²) in [5, 5.41) is 0. The Labute approximate surface area is 123 Å². The summed E-state index contributed by atoms with van der Waals surface area (Å²) in [5.41, 5.74) is 7.64. The van der Waals surface area contributed by atoms with Gasteiger partial charge in [0.15, 0.2) is 0 Å². The molecule has 1 aliphatic rings. The van der Waals surface area contributed by atoms with Gasteiger partial charge >= 0.3 is 0 Å². The zero-order chi connectivity index (χ0) is 14.9. The molecular weight excluding hydrogens is 242 g/mol. The smallest absolute Gasteiger partial charge is 0.0503 e. The fourth-order valence-electron chi connectivity index (χ4n) is 2.95. The number of benzene rings is 1. The largest absolute Gasteiger partial charge is 0.360 e. The second-order valence-electron chi connectivity index (χ2n) is 6.03. The molecule has 0 aromatic heterocycles. The standard InChI is InChI=1S/C19H25N/c1-13(2)10-11-19(14(3)4)20-12-18-15(5)8-7-9-17(18)16(20)6/h7-9,19H,1,3,6,10-12H2,2,4-5H3. The first-order valence-corrected chi connectivity index (χ1v) is 7.26. The molecule has 1 heteroatoms. The van der Waals surface area contributed by atoms with E-state index in [0.29, 0.717) is 6.04 Å². The molecule has 1 unspecified atom stereocenters. The lowest BCUT2D eigenvalue weighted by Gasteiger charge is -2.31. The summed E-state index contributed by atoms with van der Waals surface area (Å²) in [7, 11) is 0. The predicted octanol–water partition coefficient (Wildman–Crippen LogP) is 5.08. The summed E-state index contributed by atoms with van der Waals surface area (Å²) >= 11 is 0. The Morgan fingerprint density at radius 3 is 2.55 bits per heavy atom. The Balaban J connectivity index is 2.25. The van der Waals surface area contributed by atoms with Crippen molar-refractivity contribution in [3.63, 3.8) is 0 Å². The summed E-state index contributed by atoms with van der Waals surface area (Å²) in [6.07, 6.45) is 2.10. The first kappa shape index (κ1) is 14.6. The highest BCUT2D eigenvalue weighted by molar-refractivity contribution is 5.70. The third-order valence-corrected chi connectivity index (χ3v) is 4.19. The van der Waals surface area contributed by atoms with E-state index >= 15 is 0 Å². The molecule has 20 heavy (non-hydrogen) atoms. The Morgan fingerprint density at radius 2 is 2.00 bits per heavy atom. The number of rotatable bonds is 5. The van der Waals surface area contributed by atoms with Crippen LogP contribution in [0.4, 0.5) is 0 Å². The van der Waals surface area contributed by atoms with Crippen LogP contribution in [0.25, 0.3) is 5.70 Å². The molecule has 106 valence electrons. The van der Waals surface area contributed by atoms with Crippen molar-refractivity contribution in [3.05, 3.63) is 65.8 Å². The number of fused-ring (bicyclic) bond motifs is 1. The molecule has 1 aromatic rings. The van der Waals surface area contributed by atoms with Gasteiger partial charge in [0.25, 0.3) is 0 Å². The van der Waals surface area contributed by atoms with Crippen molar-refractivity contribution in [1.29, 1.82) is 0 Å². The summed E-state index contributed by atoms with van der Waals surface area (Å²) in [4.78, 5) is 2.41. The minimum Gasteiger partial charge on any atom is -0.360 e. The topological polar surface area (TPSA) is 3.24 Å². The maximum absolute atomic E-state index is 4.31. The first-order valence-electron chi connectivity index (χ1n) is 7.26. The first-order chi connectivity index (χ1) is 9.41. The lowest BCUT2D eigenvalue weighted by Crippen LogP contribution is -2.30. The predicted molar refractivity (Wildman–Crippen MR) is 88.4 cm³/mol. The zero-order valence-electron chi connectivity index (χ0n) is 13.0. The van der Waals surface area contributed by atoms with E-state index in [4.69, 9.17) is 0 Å². The maximum atomic E-state index is 4.31. The molecule has 1 heterocycles. The Kier molecular flexibility index (Phi) is 4.17. The van der Waals surface area contributed by atoms with E-state index in [2.05, 4.69) is 63.6 Å². The van der Waals surface area contributed by atoms with Gasteiger partial charge in [-0.05, 0) is 44.7 Å². The van der Waals surface area contributed by atoms with Gasteiger partial charge in [0.1, 0.15) is 0 Å². The number of hydrogen-bond acceptors (Lipinski definition) is 1. The van der Waals surface area contributed by atoms with Crippen molar-refractivity contribution >= 4 is 5.70 Å². The quantitative estimate of drug-likeness (QED) is 0.672. The molecule has 2 rings (SSSR count). The minimum atomic E-state index is 0.353. The molecule has 0 saturated heterocycles. The Bertz CT molecular complexity index is 565. The molecule has 0 radical (unpaired) electrons. The Hall–Kier alpha value is -1.76. The van der Waals surface area contributed by atoms with E-state index in [9.17, 15) is 0 Å². The molecule has 1 aromatic carbocycles. The van der Waals surface area contributed by atoms with Crippen LogP contribution in [-0.2, 0) is 6.54 Å². The van der Waals surface area contributed by atoms with Crippen LogP contribution >= 0.6 is 0 Å². The van der Waals surface area contributed by atoms with Gasteiger partial charge in [-0.3, -0.25) is 0 Å². The average molecular weight is 267 g/mol. The molecule has 0 saturated carbocycles. The number of allylic oxidation sites excluding steroid dienone is 1. The van der Waals surface area contributed by atoms with Crippen molar-refractivity contribution in [2.24, 2.45) is 0 Å². The second-order valence-corrected chi connectivity index (χ2v) is 6.03. The van der Waals surface area contributed by atoms with Crippen molar-refractivity contribution in [2.45, 2.75) is 46.2 Å². The molecule has 0 amide bonds. The average Bonchev–Trinajstić information content (AvgIpc) is 2.69.